The fraction of sp³-hybridized carbons (Fsp3) is 0.429. The minimum absolute atomic E-state index is 0.0510. The number of carboxylic acid groups (broad SMARTS) is 1. The molecule has 0 aliphatic carbocycles. The van der Waals surface area contributed by atoms with Crippen LogP contribution in [0.15, 0.2) is 24.3 Å². The molecule has 1 N–H and O–H groups in total. The molecule has 0 spiro atoms. The smallest absolute Gasteiger partial charge is 0.343 e. The van der Waals surface area contributed by atoms with Crippen LogP contribution in [0.5, 0.6) is 5.75 Å². The molecule has 1 aromatic rings. The van der Waals surface area contributed by atoms with Crippen LogP contribution in [0.2, 0.25) is 0 Å². The third kappa shape index (κ3) is 4.62. The number of hydrogen-bond acceptors (Lipinski definition) is 4. The van der Waals surface area contributed by atoms with Gasteiger partial charge in [0.1, 0.15) is 5.75 Å². The second-order valence-electron chi connectivity index (χ2n) is 4.84. The maximum atomic E-state index is 10.9. The lowest BCUT2D eigenvalue weighted by atomic mass is 9.82. The summed E-state index contributed by atoms with van der Waals surface area (Å²) in [4.78, 5) is 21.7. The molecule has 0 unspecified atom stereocenters. The van der Waals surface area contributed by atoms with Crippen LogP contribution in [0, 0.1) is 0 Å². The molecular weight excluding hydrogens is 248 g/mol. The molecule has 1 aromatic carbocycles. The number of aliphatic carboxylic acids is 1. The summed E-state index contributed by atoms with van der Waals surface area (Å²) >= 11 is 0. The van der Waals surface area contributed by atoms with E-state index >= 15 is 0 Å². The lowest BCUT2D eigenvalue weighted by Gasteiger charge is -2.23. The number of esters is 1. The van der Waals surface area contributed by atoms with Crippen molar-refractivity contribution in [1.29, 1.82) is 0 Å². The van der Waals surface area contributed by atoms with E-state index in [0.717, 1.165) is 5.56 Å². The van der Waals surface area contributed by atoms with Crippen LogP contribution in [0.25, 0.3) is 0 Å². The summed E-state index contributed by atoms with van der Waals surface area (Å²) in [5.74, 6) is -0.744. The Hall–Kier alpha value is -2.04. The van der Waals surface area contributed by atoms with E-state index in [1.54, 1.807) is 24.3 Å². The molecule has 0 amide bonds. The number of carbonyl (C=O) groups excluding carboxylic acids is 1. The van der Waals surface area contributed by atoms with Gasteiger partial charge in [-0.1, -0.05) is 26.0 Å². The van der Waals surface area contributed by atoms with Gasteiger partial charge in [0.2, 0.25) is 0 Å². The van der Waals surface area contributed by atoms with E-state index < -0.39 is 17.4 Å². The number of benzene rings is 1. The Kier molecular flexibility index (Phi) is 4.92. The molecule has 19 heavy (non-hydrogen) atoms. The van der Waals surface area contributed by atoms with Gasteiger partial charge in [0.15, 0.2) is 6.61 Å². The van der Waals surface area contributed by atoms with Crippen molar-refractivity contribution in [3.05, 3.63) is 29.8 Å². The van der Waals surface area contributed by atoms with Crippen LogP contribution in [-0.2, 0) is 19.7 Å². The number of ether oxygens (including phenoxy) is 2. The Morgan fingerprint density at radius 3 is 2.26 bits per heavy atom. The van der Waals surface area contributed by atoms with Crippen molar-refractivity contribution in [3.8, 4) is 5.75 Å². The first-order chi connectivity index (χ1) is 8.85. The molecule has 104 valence electrons. The van der Waals surface area contributed by atoms with E-state index in [2.05, 4.69) is 4.74 Å². The van der Waals surface area contributed by atoms with Gasteiger partial charge in [-0.15, -0.1) is 0 Å². The monoisotopic (exact) mass is 266 g/mol. The summed E-state index contributed by atoms with van der Waals surface area (Å²) in [5, 5.41) is 8.86. The molecule has 0 aliphatic rings. The Balaban J connectivity index is 2.70. The summed E-state index contributed by atoms with van der Waals surface area (Å²) in [7, 11) is 1.29. The first-order valence-electron chi connectivity index (χ1n) is 5.87. The molecule has 0 saturated heterocycles. The van der Waals surface area contributed by atoms with E-state index in [9.17, 15) is 9.59 Å². The Morgan fingerprint density at radius 2 is 1.79 bits per heavy atom. The highest BCUT2D eigenvalue weighted by molar-refractivity contribution is 5.71. The van der Waals surface area contributed by atoms with Gasteiger partial charge < -0.3 is 14.6 Å². The van der Waals surface area contributed by atoms with Gasteiger partial charge in [0, 0.05) is 5.41 Å². The van der Waals surface area contributed by atoms with Crippen molar-refractivity contribution in [2.24, 2.45) is 0 Å². The first kappa shape index (κ1) is 15.0. The molecular formula is C14H18O5. The van der Waals surface area contributed by atoms with Crippen LogP contribution < -0.4 is 4.74 Å². The summed E-state index contributed by atoms with van der Waals surface area (Å²) in [6, 6.07) is 7.02. The Morgan fingerprint density at radius 1 is 1.21 bits per heavy atom. The number of carboxylic acids is 1. The van der Waals surface area contributed by atoms with Gasteiger partial charge in [-0.05, 0) is 17.7 Å². The van der Waals surface area contributed by atoms with E-state index in [0.29, 0.717) is 5.75 Å². The van der Waals surface area contributed by atoms with Crippen molar-refractivity contribution >= 4 is 11.9 Å². The summed E-state index contributed by atoms with van der Waals surface area (Å²) in [6.45, 7) is 3.59. The summed E-state index contributed by atoms with van der Waals surface area (Å²) in [6.07, 6.45) is 0.0510. The van der Waals surface area contributed by atoms with Gasteiger partial charge in [0.05, 0.1) is 13.5 Å². The predicted molar refractivity (Wildman–Crippen MR) is 69.2 cm³/mol. The van der Waals surface area contributed by atoms with E-state index in [1.165, 1.54) is 7.11 Å². The third-order valence-corrected chi connectivity index (χ3v) is 2.81. The number of methoxy groups -OCH3 is 1. The fourth-order valence-electron chi connectivity index (χ4n) is 1.68. The average Bonchev–Trinajstić information content (AvgIpc) is 2.35. The third-order valence-electron chi connectivity index (χ3n) is 2.81. The SMILES string of the molecule is COC(=O)COc1ccc(C(C)(C)CC(=O)O)cc1. The first-order valence-corrected chi connectivity index (χ1v) is 5.87. The molecule has 0 aromatic heterocycles. The van der Waals surface area contributed by atoms with Gasteiger partial charge in [-0.3, -0.25) is 4.79 Å². The highest BCUT2D eigenvalue weighted by atomic mass is 16.6. The largest absolute Gasteiger partial charge is 0.482 e. The van der Waals surface area contributed by atoms with Crippen LogP contribution in [0.3, 0.4) is 0 Å². The van der Waals surface area contributed by atoms with Crippen LogP contribution >= 0.6 is 0 Å². The van der Waals surface area contributed by atoms with Gasteiger partial charge in [-0.2, -0.15) is 0 Å². The zero-order chi connectivity index (χ0) is 14.5. The van der Waals surface area contributed by atoms with Crippen molar-refractivity contribution in [2.45, 2.75) is 25.7 Å². The van der Waals surface area contributed by atoms with Crippen molar-refractivity contribution in [1.82, 2.24) is 0 Å². The Bertz CT molecular complexity index is 447. The van der Waals surface area contributed by atoms with Gasteiger partial charge in [-0.25, -0.2) is 4.79 Å². The molecule has 0 atom stereocenters. The lowest BCUT2D eigenvalue weighted by Crippen LogP contribution is -2.21. The molecule has 0 heterocycles. The minimum atomic E-state index is -0.837. The summed E-state index contributed by atoms with van der Waals surface area (Å²) in [5.41, 5.74) is 0.451. The lowest BCUT2D eigenvalue weighted by molar-refractivity contribution is -0.143. The molecule has 0 aliphatic heterocycles. The molecule has 5 heteroatoms. The molecule has 5 nitrogen and oxygen atoms in total. The maximum Gasteiger partial charge on any atom is 0.343 e. The number of hydrogen-bond donors (Lipinski definition) is 1. The van der Waals surface area contributed by atoms with Crippen LogP contribution in [0.4, 0.5) is 0 Å². The number of carbonyl (C=O) groups is 2. The van der Waals surface area contributed by atoms with Crippen molar-refractivity contribution < 1.29 is 24.2 Å². The maximum absolute atomic E-state index is 10.9. The topological polar surface area (TPSA) is 72.8 Å². The highest BCUT2D eigenvalue weighted by Crippen LogP contribution is 2.28. The van der Waals surface area contributed by atoms with Gasteiger partial charge >= 0.3 is 11.9 Å². The standard InChI is InChI=1S/C14H18O5/c1-14(2,8-12(15)16)10-4-6-11(7-5-10)19-9-13(17)18-3/h4-7H,8-9H2,1-3H3,(H,15,16). The predicted octanol–water partition coefficient (Wildman–Crippen LogP) is 1.99. The van der Waals surface area contributed by atoms with E-state index in [-0.39, 0.29) is 13.0 Å². The average molecular weight is 266 g/mol. The molecule has 0 radical (unpaired) electrons. The van der Waals surface area contributed by atoms with Crippen LogP contribution in [0.1, 0.15) is 25.8 Å². The van der Waals surface area contributed by atoms with E-state index in [1.807, 2.05) is 13.8 Å². The highest BCUT2D eigenvalue weighted by Gasteiger charge is 2.23. The van der Waals surface area contributed by atoms with Gasteiger partial charge in [0.25, 0.3) is 0 Å². The zero-order valence-electron chi connectivity index (χ0n) is 11.3. The Labute approximate surface area is 112 Å². The summed E-state index contributed by atoms with van der Waals surface area (Å²) < 4.78 is 9.68. The van der Waals surface area contributed by atoms with Crippen molar-refractivity contribution in [2.75, 3.05) is 13.7 Å². The fourth-order valence-corrected chi connectivity index (χ4v) is 1.68. The second kappa shape index (κ2) is 6.22. The molecule has 0 saturated carbocycles. The quantitative estimate of drug-likeness (QED) is 0.797. The van der Waals surface area contributed by atoms with E-state index in [4.69, 9.17) is 9.84 Å². The van der Waals surface area contributed by atoms with Crippen molar-refractivity contribution in [3.63, 3.8) is 0 Å². The molecule has 0 fully saturated rings. The zero-order valence-corrected chi connectivity index (χ0v) is 11.3. The van der Waals surface area contributed by atoms with Crippen LogP contribution in [-0.4, -0.2) is 30.8 Å². The molecule has 0 bridgehead atoms. The second-order valence-corrected chi connectivity index (χ2v) is 4.84. The number of rotatable bonds is 6. The molecule has 1 rings (SSSR count). The normalized spacial score (nSPS) is 10.9. The minimum Gasteiger partial charge on any atom is -0.482 e.